The minimum atomic E-state index is -4.42. The average Bonchev–Trinajstić information content (AvgIpc) is 3.21. The Kier molecular flexibility index (Phi) is 43.0. The van der Waals surface area contributed by atoms with Gasteiger partial charge in [-0.3, -0.25) is 18.6 Å². The Morgan fingerprint density at radius 3 is 1.43 bits per heavy atom. The highest BCUT2D eigenvalue weighted by atomic mass is 31.2. The van der Waals surface area contributed by atoms with Crippen LogP contribution in [0.2, 0.25) is 0 Å². The highest BCUT2D eigenvalue weighted by Gasteiger charge is 2.23. The zero-order chi connectivity index (χ0) is 42.5. The fourth-order valence-electron chi connectivity index (χ4n) is 6.42. The van der Waals surface area contributed by atoms with Gasteiger partial charge in [0.2, 0.25) is 5.91 Å². The lowest BCUT2D eigenvalue weighted by Crippen LogP contribution is -2.27. The number of rotatable bonds is 44. The van der Waals surface area contributed by atoms with Crippen molar-refractivity contribution in [3.05, 3.63) is 48.6 Å². The molecule has 0 spiro atoms. The molecular formula is C48H88NO8P. The Hall–Kier alpha value is -2.03. The predicted molar refractivity (Wildman–Crippen MR) is 243 cm³/mol. The van der Waals surface area contributed by atoms with E-state index in [4.69, 9.17) is 13.8 Å². The van der Waals surface area contributed by atoms with E-state index in [9.17, 15) is 24.2 Å². The smallest absolute Gasteiger partial charge is 0.463 e. The number of unbranched alkanes of at least 4 members (excludes halogenated alkanes) is 23. The second-order valence-electron chi connectivity index (χ2n) is 15.7. The summed E-state index contributed by atoms with van der Waals surface area (Å²) < 4.78 is 26.9. The molecule has 1 amide bonds. The quantitative estimate of drug-likeness (QED) is 0.0239. The van der Waals surface area contributed by atoms with Gasteiger partial charge in [-0.1, -0.05) is 191 Å². The van der Waals surface area contributed by atoms with E-state index in [1.165, 1.54) is 122 Å². The van der Waals surface area contributed by atoms with Gasteiger partial charge in [-0.2, -0.15) is 0 Å². The van der Waals surface area contributed by atoms with Gasteiger partial charge in [-0.05, 0) is 57.8 Å². The van der Waals surface area contributed by atoms with E-state index in [1.54, 1.807) is 0 Å². The predicted octanol–water partition coefficient (Wildman–Crippen LogP) is 13.5. The van der Waals surface area contributed by atoms with Gasteiger partial charge in [-0.15, -0.1) is 0 Å². The summed E-state index contributed by atoms with van der Waals surface area (Å²) in [6, 6.07) is 0. The fourth-order valence-corrected chi connectivity index (χ4v) is 7.18. The molecule has 0 aliphatic rings. The number of ether oxygens (including phenoxy) is 1. The Bertz CT molecular complexity index is 1090. The molecule has 0 saturated carbocycles. The summed E-state index contributed by atoms with van der Waals surface area (Å²) in [5.74, 6) is -0.524. The summed E-state index contributed by atoms with van der Waals surface area (Å²) >= 11 is 0. The van der Waals surface area contributed by atoms with Gasteiger partial charge >= 0.3 is 13.8 Å². The van der Waals surface area contributed by atoms with Crippen molar-refractivity contribution in [3.8, 4) is 0 Å². The first-order chi connectivity index (χ1) is 28.3. The van der Waals surface area contributed by atoms with Crippen molar-refractivity contribution < 1.29 is 37.9 Å². The third-order valence-corrected chi connectivity index (χ3v) is 11.0. The van der Waals surface area contributed by atoms with Gasteiger partial charge in [0, 0.05) is 19.4 Å². The molecule has 338 valence electrons. The molecule has 0 aromatic rings. The molecular weight excluding hydrogens is 750 g/mol. The maximum Gasteiger partial charge on any atom is 0.472 e. The number of hydrogen-bond donors (Lipinski definition) is 3. The highest BCUT2D eigenvalue weighted by molar-refractivity contribution is 7.47. The Morgan fingerprint density at radius 2 is 0.931 bits per heavy atom. The number of phosphoric acid groups is 1. The van der Waals surface area contributed by atoms with Gasteiger partial charge in [0.05, 0.1) is 13.2 Å². The van der Waals surface area contributed by atoms with Crippen LogP contribution in [-0.2, 0) is 27.9 Å². The average molecular weight is 838 g/mol. The van der Waals surface area contributed by atoms with Crippen molar-refractivity contribution in [2.75, 3.05) is 26.4 Å². The first kappa shape index (κ1) is 56.0. The second-order valence-corrected chi connectivity index (χ2v) is 17.2. The Balaban J connectivity index is 3.60. The minimum absolute atomic E-state index is 0.0750. The van der Waals surface area contributed by atoms with Crippen LogP contribution < -0.4 is 5.32 Å². The van der Waals surface area contributed by atoms with Crippen molar-refractivity contribution in [1.29, 1.82) is 0 Å². The molecule has 10 heteroatoms. The van der Waals surface area contributed by atoms with Crippen LogP contribution in [0.5, 0.6) is 0 Å². The second kappa shape index (κ2) is 44.5. The van der Waals surface area contributed by atoms with Crippen LogP contribution in [0.3, 0.4) is 0 Å². The standard InChI is InChI=1S/C48H88NO8P/c1-3-5-7-9-11-13-15-17-19-20-21-22-23-24-25-26-27-28-30-32-34-36-38-40-47(51)49-42-43-56-58(53,54)57-45-46(50)44-55-48(52)41-39-37-35-33-31-29-18-16-14-12-10-8-6-4-2/h11,13,17,19,21-22,24-25,46,50H,3-10,12,14-16,18,20,23,26-45H2,1-2H3,(H,49,51)(H,53,54)/b13-11-,19-17-,22-21-,25-24-. The topological polar surface area (TPSA) is 131 Å². The molecule has 0 aliphatic heterocycles. The van der Waals surface area contributed by atoms with Crippen LogP contribution >= 0.6 is 7.82 Å². The van der Waals surface area contributed by atoms with E-state index < -0.39 is 26.5 Å². The van der Waals surface area contributed by atoms with Gasteiger partial charge in [0.1, 0.15) is 12.7 Å². The van der Waals surface area contributed by atoms with Crippen LogP contribution in [0.15, 0.2) is 48.6 Å². The van der Waals surface area contributed by atoms with E-state index in [2.05, 4.69) is 67.8 Å². The Morgan fingerprint density at radius 1 is 0.534 bits per heavy atom. The molecule has 0 aromatic heterocycles. The first-order valence-electron chi connectivity index (χ1n) is 23.6. The van der Waals surface area contributed by atoms with Crippen LogP contribution in [0.1, 0.15) is 213 Å². The van der Waals surface area contributed by atoms with Crippen LogP contribution in [-0.4, -0.2) is 54.3 Å². The molecule has 0 fully saturated rings. The number of carbonyl (C=O) groups is 2. The van der Waals surface area contributed by atoms with Gasteiger partial charge in [-0.25, -0.2) is 4.57 Å². The lowest BCUT2D eigenvalue weighted by molar-refractivity contribution is -0.147. The molecule has 0 bridgehead atoms. The molecule has 9 nitrogen and oxygen atoms in total. The number of phosphoric ester groups is 1. The normalized spacial score (nSPS) is 13.7. The molecule has 0 aliphatic carbocycles. The van der Waals surface area contributed by atoms with Crippen molar-refractivity contribution in [2.45, 2.75) is 219 Å². The van der Waals surface area contributed by atoms with Crippen molar-refractivity contribution >= 4 is 19.7 Å². The summed E-state index contributed by atoms with van der Waals surface area (Å²) in [5.41, 5.74) is 0. The molecule has 0 rings (SSSR count). The number of carbonyl (C=O) groups excluding carboxylic acids is 2. The molecule has 0 aromatic carbocycles. The number of aliphatic hydroxyl groups excluding tert-OH is 1. The molecule has 3 N–H and O–H groups in total. The molecule has 0 saturated heterocycles. The van der Waals surface area contributed by atoms with Crippen LogP contribution in [0, 0.1) is 0 Å². The third kappa shape index (κ3) is 45.1. The minimum Gasteiger partial charge on any atom is -0.463 e. The largest absolute Gasteiger partial charge is 0.472 e. The number of esters is 1. The molecule has 0 heterocycles. The molecule has 0 radical (unpaired) electrons. The number of aliphatic hydroxyl groups is 1. The summed E-state index contributed by atoms with van der Waals surface area (Å²) in [7, 11) is -4.42. The molecule has 2 unspecified atom stereocenters. The van der Waals surface area contributed by atoms with E-state index in [-0.39, 0.29) is 32.1 Å². The monoisotopic (exact) mass is 838 g/mol. The van der Waals surface area contributed by atoms with Crippen LogP contribution in [0.25, 0.3) is 0 Å². The first-order valence-corrected chi connectivity index (χ1v) is 25.1. The van der Waals surface area contributed by atoms with Crippen molar-refractivity contribution in [1.82, 2.24) is 5.32 Å². The summed E-state index contributed by atoms with van der Waals surface area (Å²) in [5, 5.41) is 12.7. The van der Waals surface area contributed by atoms with E-state index >= 15 is 0 Å². The molecule has 2 atom stereocenters. The van der Waals surface area contributed by atoms with E-state index in [0.29, 0.717) is 6.42 Å². The molecule has 58 heavy (non-hydrogen) atoms. The number of allylic oxidation sites excluding steroid dienone is 8. The van der Waals surface area contributed by atoms with E-state index in [1.807, 2.05) is 0 Å². The van der Waals surface area contributed by atoms with Gasteiger partial charge < -0.3 is 20.1 Å². The fraction of sp³-hybridized carbons (Fsp3) is 0.792. The third-order valence-electron chi connectivity index (χ3n) is 10.0. The zero-order valence-corrected chi connectivity index (χ0v) is 38.1. The number of amides is 1. The number of nitrogens with one attached hydrogen (secondary N) is 1. The Labute approximate surface area is 355 Å². The SMILES string of the molecule is CCCCC/C=C\C/C=C\C/C=C\C/C=C\CCCCCCCCCC(=O)NCCOP(=O)(O)OCC(O)COC(=O)CCCCCCCCCCCCCCCC. The maximum absolute atomic E-state index is 12.1. The van der Waals surface area contributed by atoms with Gasteiger partial charge in [0.15, 0.2) is 0 Å². The van der Waals surface area contributed by atoms with E-state index in [0.717, 1.165) is 64.2 Å². The van der Waals surface area contributed by atoms with Crippen molar-refractivity contribution in [3.63, 3.8) is 0 Å². The summed E-state index contributed by atoms with van der Waals surface area (Å²) in [4.78, 5) is 34.0. The van der Waals surface area contributed by atoms with Crippen molar-refractivity contribution in [2.24, 2.45) is 0 Å². The maximum atomic E-state index is 12.1. The highest BCUT2D eigenvalue weighted by Crippen LogP contribution is 2.42. The zero-order valence-electron chi connectivity index (χ0n) is 37.2. The number of hydrogen-bond acceptors (Lipinski definition) is 7. The van der Waals surface area contributed by atoms with Crippen LogP contribution in [0.4, 0.5) is 0 Å². The summed E-state index contributed by atoms with van der Waals surface area (Å²) in [6.07, 6.45) is 51.8. The summed E-state index contributed by atoms with van der Waals surface area (Å²) in [6.45, 7) is 3.52. The van der Waals surface area contributed by atoms with Gasteiger partial charge in [0.25, 0.3) is 0 Å². The lowest BCUT2D eigenvalue weighted by Gasteiger charge is -2.15. The lowest BCUT2D eigenvalue weighted by atomic mass is 10.0.